The molecule has 1 aromatic carbocycles. The Hall–Kier alpha value is -1.89. The van der Waals surface area contributed by atoms with Crippen LogP contribution in [0.2, 0.25) is 0 Å². The van der Waals surface area contributed by atoms with Gasteiger partial charge in [0.1, 0.15) is 5.75 Å². The predicted octanol–water partition coefficient (Wildman–Crippen LogP) is 5.02. The van der Waals surface area contributed by atoms with Crippen LogP contribution in [-0.4, -0.2) is 73.3 Å². The predicted molar refractivity (Wildman–Crippen MR) is 144 cm³/mol. The number of hydrogen-bond donors (Lipinski definition) is 1. The highest BCUT2D eigenvalue weighted by Gasteiger charge is 2.25. The van der Waals surface area contributed by atoms with Gasteiger partial charge in [0.2, 0.25) is 0 Å². The first-order valence-electron chi connectivity index (χ1n) is 14.0. The summed E-state index contributed by atoms with van der Waals surface area (Å²) < 4.78 is 12.0. The van der Waals surface area contributed by atoms with Crippen LogP contribution < -0.4 is 10.1 Å². The summed E-state index contributed by atoms with van der Waals surface area (Å²) >= 11 is 0. The second-order valence-electron chi connectivity index (χ2n) is 11.0. The van der Waals surface area contributed by atoms with Crippen LogP contribution >= 0.6 is 0 Å². The van der Waals surface area contributed by atoms with E-state index in [-0.39, 0.29) is 0 Å². The summed E-state index contributed by atoms with van der Waals surface area (Å²) in [4.78, 5) is 10.3. The van der Waals surface area contributed by atoms with Crippen molar-refractivity contribution in [1.82, 2.24) is 14.8 Å². The van der Waals surface area contributed by atoms with Gasteiger partial charge in [0.25, 0.3) is 0 Å². The van der Waals surface area contributed by atoms with Gasteiger partial charge in [-0.3, -0.25) is 4.98 Å². The van der Waals surface area contributed by atoms with Crippen molar-refractivity contribution in [1.29, 1.82) is 0 Å². The van der Waals surface area contributed by atoms with Crippen molar-refractivity contribution >= 4 is 16.6 Å². The number of pyridine rings is 1. The molecule has 2 aromatic rings. The standard InChI is InChI=1S/C29H44N4O2/c1-21(2)33-14-10-23(11-15-33)30-29-24-8-4-5-9-26(24)31-27-18-22(28(34-3)19-25(27)29)20-35-17-16-32-12-6-7-13-32/h18-19,21,23H,4-17,20H2,1-3H3,(H,30,31). The van der Waals surface area contributed by atoms with E-state index < -0.39 is 0 Å². The highest BCUT2D eigenvalue weighted by molar-refractivity contribution is 5.95. The molecule has 0 atom stereocenters. The summed E-state index contributed by atoms with van der Waals surface area (Å²) in [5.41, 5.74) is 6.21. The van der Waals surface area contributed by atoms with Gasteiger partial charge in [-0.15, -0.1) is 0 Å². The molecule has 3 aliphatic rings. The molecule has 3 heterocycles. The number of ether oxygens (including phenoxy) is 2. The number of aryl methyl sites for hydroxylation is 1. The number of rotatable bonds is 9. The van der Waals surface area contributed by atoms with E-state index in [2.05, 4.69) is 41.1 Å². The number of fused-ring (bicyclic) bond motifs is 2. The maximum Gasteiger partial charge on any atom is 0.125 e. The van der Waals surface area contributed by atoms with Gasteiger partial charge in [0, 0.05) is 54.0 Å². The average molecular weight is 481 g/mol. The van der Waals surface area contributed by atoms with Crippen LogP contribution in [0.15, 0.2) is 12.1 Å². The Balaban J connectivity index is 1.37. The lowest BCUT2D eigenvalue weighted by atomic mass is 9.91. The molecule has 0 saturated carbocycles. The fourth-order valence-electron chi connectivity index (χ4n) is 6.11. The molecule has 0 radical (unpaired) electrons. The molecule has 6 nitrogen and oxygen atoms in total. The van der Waals surface area contributed by atoms with Gasteiger partial charge in [-0.05, 0) is 96.0 Å². The van der Waals surface area contributed by atoms with Gasteiger partial charge in [0.15, 0.2) is 0 Å². The molecule has 0 unspecified atom stereocenters. The highest BCUT2D eigenvalue weighted by atomic mass is 16.5. The number of hydrogen-bond acceptors (Lipinski definition) is 6. The zero-order valence-electron chi connectivity index (χ0n) is 22.1. The third-order valence-corrected chi connectivity index (χ3v) is 8.28. The normalized spacial score (nSPS) is 20.0. The zero-order chi connectivity index (χ0) is 24.2. The minimum absolute atomic E-state index is 0.515. The summed E-state index contributed by atoms with van der Waals surface area (Å²) in [6, 6.07) is 5.57. The lowest BCUT2D eigenvalue weighted by Gasteiger charge is -2.36. The fraction of sp³-hybridized carbons (Fsp3) is 0.690. The van der Waals surface area contributed by atoms with Crippen molar-refractivity contribution in [2.75, 3.05) is 51.8 Å². The monoisotopic (exact) mass is 480 g/mol. The Morgan fingerprint density at radius 3 is 2.54 bits per heavy atom. The number of benzene rings is 1. The summed E-state index contributed by atoms with van der Waals surface area (Å²) in [5.74, 6) is 0.911. The van der Waals surface area contributed by atoms with Crippen LogP contribution in [0, 0.1) is 0 Å². The third-order valence-electron chi connectivity index (χ3n) is 8.28. The number of piperidine rings is 1. The second kappa shape index (κ2) is 11.4. The van der Waals surface area contributed by atoms with Gasteiger partial charge >= 0.3 is 0 Å². The fourth-order valence-corrected chi connectivity index (χ4v) is 6.11. The molecule has 35 heavy (non-hydrogen) atoms. The molecular formula is C29H44N4O2. The number of nitrogens with zero attached hydrogens (tertiary/aromatic N) is 3. The van der Waals surface area contributed by atoms with Crippen molar-refractivity contribution in [3.05, 3.63) is 29.0 Å². The Morgan fingerprint density at radius 2 is 1.80 bits per heavy atom. The van der Waals surface area contributed by atoms with E-state index in [9.17, 15) is 0 Å². The first kappa shape index (κ1) is 24.8. The maximum absolute atomic E-state index is 6.10. The van der Waals surface area contributed by atoms with Gasteiger partial charge in [0.05, 0.1) is 25.8 Å². The highest BCUT2D eigenvalue weighted by Crippen LogP contribution is 2.38. The molecule has 1 aromatic heterocycles. The number of aromatic nitrogens is 1. The van der Waals surface area contributed by atoms with E-state index in [1.807, 2.05) is 0 Å². The van der Waals surface area contributed by atoms with E-state index in [4.69, 9.17) is 14.5 Å². The number of anilines is 1. The molecular weight excluding hydrogens is 436 g/mol. The molecule has 192 valence electrons. The summed E-state index contributed by atoms with van der Waals surface area (Å²) in [7, 11) is 1.77. The van der Waals surface area contributed by atoms with E-state index in [0.717, 1.165) is 42.8 Å². The van der Waals surface area contributed by atoms with Gasteiger partial charge in [-0.25, -0.2) is 0 Å². The molecule has 2 fully saturated rings. The number of nitrogens with one attached hydrogen (secondary N) is 1. The summed E-state index contributed by atoms with van der Waals surface area (Å²) in [6.07, 6.45) is 9.72. The lowest BCUT2D eigenvalue weighted by molar-refractivity contribution is 0.0979. The molecule has 0 amide bonds. The molecule has 2 aliphatic heterocycles. The minimum Gasteiger partial charge on any atom is -0.496 e. The molecule has 1 aliphatic carbocycles. The first-order chi connectivity index (χ1) is 17.1. The summed E-state index contributed by atoms with van der Waals surface area (Å²) in [5, 5.41) is 5.21. The Kier molecular flexibility index (Phi) is 8.11. The van der Waals surface area contributed by atoms with Crippen LogP contribution in [-0.2, 0) is 24.2 Å². The van der Waals surface area contributed by atoms with E-state index >= 15 is 0 Å². The van der Waals surface area contributed by atoms with Crippen molar-refractivity contribution in [2.24, 2.45) is 0 Å². The minimum atomic E-state index is 0.515. The molecule has 0 spiro atoms. The topological polar surface area (TPSA) is 49.9 Å². The van der Waals surface area contributed by atoms with E-state index in [1.54, 1.807) is 7.11 Å². The SMILES string of the molecule is COc1cc2c(NC3CCN(C(C)C)CC3)c3c(nc2cc1COCCN1CCCC1)CCCC3. The van der Waals surface area contributed by atoms with E-state index in [0.29, 0.717) is 18.7 Å². The lowest BCUT2D eigenvalue weighted by Crippen LogP contribution is -2.42. The van der Waals surface area contributed by atoms with Crippen LogP contribution in [0.1, 0.15) is 69.2 Å². The first-order valence-corrected chi connectivity index (χ1v) is 14.0. The summed E-state index contributed by atoms with van der Waals surface area (Å²) in [6.45, 7) is 11.7. The third kappa shape index (κ3) is 5.76. The average Bonchev–Trinajstić information content (AvgIpc) is 3.40. The smallest absolute Gasteiger partial charge is 0.125 e. The molecule has 2 saturated heterocycles. The molecule has 6 heteroatoms. The molecule has 1 N–H and O–H groups in total. The maximum atomic E-state index is 6.10. The molecule has 0 bridgehead atoms. The Labute approximate surface area is 211 Å². The zero-order valence-corrected chi connectivity index (χ0v) is 22.1. The van der Waals surface area contributed by atoms with Crippen molar-refractivity contribution in [3.63, 3.8) is 0 Å². The van der Waals surface area contributed by atoms with Crippen molar-refractivity contribution in [3.8, 4) is 5.75 Å². The Morgan fingerprint density at radius 1 is 1.03 bits per heavy atom. The van der Waals surface area contributed by atoms with Crippen molar-refractivity contribution in [2.45, 2.75) is 83.9 Å². The largest absolute Gasteiger partial charge is 0.496 e. The quantitative estimate of drug-likeness (QED) is 0.509. The van der Waals surface area contributed by atoms with Gasteiger partial charge in [-0.1, -0.05) is 0 Å². The second-order valence-corrected chi connectivity index (χ2v) is 11.0. The van der Waals surface area contributed by atoms with Crippen LogP contribution in [0.5, 0.6) is 5.75 Å². The van der Waals surface area contributed by atoms with Crippen molar-refractivity contribution < 1.29 is 9.47 Å². The van der Waals surface area contributed by atoms with Gasteiger partial charge < -0.3 is 24.6 Å². The van der Waals surface area contributed by atoms with E-state index in [1.165, 1.54) is 87.0 Å². The van der Waals surface area contributed by atoms with Crippen LogP contribution in [0.3, 0.4) is 0 Å². The molecule has 5 rings (SSSR count). The van der Waals surface area contributed by atoms with Gasteiger partial charge in [-0.2, -0.15) is 0 Å². The number of methoxy groups -OCH3 is 1. The number of likely N-dealkylation sites (tertiary alicyclic amines) is 2. The van der Waals surface area contributed by atoms with Crippen LogP contribution in [0.25, 0.3) is 10.9 Å². The Bertz CT molecular complexity index is 994. The van der Waals surface area contributed by atoms with Crippen LogP contribution in [0.4, 0.5) is 5.69 Å².